The van der Waals surface area contributed by atoms with E-state index in [4.69, 9.17) is 5.73 Å². The van der Waals surface area contributed by atoms with Crippen LogP contribution in [-0.2, 0) is 17.9 Å². The number of fused-ring (bicyclic) bond motifs is 2. The highest BCUT2D eigenvalue weighted by Crippen LogP contribution is 2.27. The molecule has 3 aromatic rings. The summed E-state index contributed by atoms with van der Waals surface area (Å²) in [6.45, 7) is 3.42. The number of piperidine rings is 1. The second kappa shape index (κ2) is 7.97. The number of rotatable bonds is 4. The number of hydrogen-bond donors (Lipinski definition) is 1. The van der Waals surface area contributed by atoms with Crippen LogP contribution >= 0.6 is 0 Å². The Morgan fingerprint density at radius 3 is 2.79 bits per heavy atom. The van der Waals surface area contributed by atoms with Crippen molar-refractivity contribution in [3.63, 3.8) is 0 Å². The fourth-order valence-corrected chi connectivity index (χ4v) is 4.65. The first-order chi connectivity index (χ1) is 15.9. The first-order valence-corrected chi connectivity index (χ1v) is 10.9. The van der Waals surface area contributed by atoms with Crippen LogP contribution in [0.3, 0.4) is 0 Å². The molecule has 1 aromatic carbocycles. The lowest BCUT2D eigenvalue weighted by molar-refractivity contribution is -0.118. The van der Waals surface area contributed by atoms with Crippen LogP contribution in [0.2, 0.25) is 0 Å². The summed E-state index contributed by atoms with van der Waals surface area (Å²) >= 11 is 0. The van der Waals surface area contributed by atoms with E-state index in [0.29, 0.717) is 36.7 Å². The Morgan fingerprint density at radius 1 is 1.27 bits per heavy atom. The molecule has 4 heterocycles. The quantitative estimate of drug-likeness (QED) is 0.627. The molecular weight excluding hydrogens is 427 g/mol. The fourth-order valence-electron chi connectivity index (χ4n) is 4.65. The van der Waals surface area contributed by atoms with Crippen molar-refractivity contribution in [2.75, 3.05) is 29.4 Å². The zero-order chi connectivity index (χ0) is 23.3. The van der Waals surface area contributed by atoms with E-state index in [1.165, 1.54) is 27.7 Å². The normalized spacial score (nSPS) is 18.1. The average Bonchev–Trinajstić information content (AvgIpc) is 3.31. The predicted molar refractivity (Wildman–Crippen MR) is 119 cm³/mol. The number of likely N-dealkylation sites (N-methyl/N-ethyl adjacent to an activating group) is 1. The summed E-state index contributed by atoms with van der Waals surface area (Å²) in [5.74, 6) is 0.0851. The van der Waals surface area contributed by atoms with Gasteiger partial charge >= 0.3 is 0 Å². The minimum Gasteiger partial charge on any atom is -0.341 e. The van der Waals surface area contributed by atoms with Crippen LogP contribution in [0.25, 0.3) is 11.2 Å². The Morgan fingerprint density at radius 2 is 2.06 bits per heavy atom. The molecule has 2 N–H and O–H groups in total. The van der Waals surface area contributed by atoms with Gasteiger partial charge in [0.15, 0.2) is 11.2 Å². The summed E-state index contributed by atoms with van der Waals surface area (Å²) in [6.07, 6.45) is 1.76. The van der Waals surface area contributed by atoms with E-state index < -0.39 is 11.4 Å². The molecule has 0 radical (unpaired) electrons. The van der Waals surface area contributed by atoms with E-state index in [1.54, 1.807) is 4.57 Å². The summed E-state index contributed by atoms with van der Waals surface area (Å²) in [5.41, 5.74) is 6.95. The molecule has 1 saturated heterocycles. The number of amides is 1. The molecule has 11 heteroatoms. The van der Waals surface area contributed by atoms with Crippen LogP contribution in [0.4, 0.5) is 16.3 Å². The number of nitriles is 1. The molecule has 10 nitrogen and oxygen atoms in total. The van der Waals surface area contributed by atoms with Crippen molar-refractivity contribution in [1.29, 1.82) is 5.26 Å². The highest BCUT2D eigenvalue weighted by Gasteiger charge is 2.32. The molecule has 2 aromatic heterocycles. The lowest BCUT2D eigenvalue weighted by Crippen LogP contribution is -2.44. The van der Waals surface area contributed by atoms with Crippen LogP contribution < -0.4 is 21.1 Å². The number of anilines is 2. The molecule has 5 rings (SSSR count). The van der Waals surface area contributed by atoms with Gasteiger partial charge in [0.1, 0.15) is 12.4 Å². The van der Waals surface area contributed by atoms with Gasteiger partial charge in [0.2, 0.25) is 17.8 Å². The number of aromatic nitrogens is 4. The summed E-state index contributed by atoms with van der Waals surface area (Å²) in [6, 6.07) is 5.98. The van der Waals surface area contributed by atoms with Crippen LogP contribution in [0.5, 0.6) is 0 Å². The molecule has 1 atom stereocenters. The van der Waals surface area contributed by atoms with Crippen LogP contribution in [-0.4, -0.2) is 50.7 Å². The molecule has 1 fully saturated rings. The van der Waals surface area contributed by atoms with Gasteiger partial charge < -0.3 is 10.6 Å². The summed E-state index contributed by atoms with van der Waals surface area (Å²) in [4.78, 5) is 38.6. The van der Waals surface area contributed by atoms with Gasteiger partial charge in [-0.2, -0.15) is 15.2 Å². The van der Waals surface area contributed by atoms with Gasteiger partial charge in [-0.25, -0.2) is 4.39 Å². The number of halogens is 1. The smallest absolute Gasteiger partial charge is 0.281 e. The van der Waals surface area contributed by atoms with Gasteiger partial charge in [0, 0.05) is 25.7 Å². The standard InChI is InChI=1S/C22H23FN8O2/c1-2-29-17(32)12-31-20(33)18-19(27-22(29)31)26-21(28-7-3-4-16(25)11-28)30(18)10-14-8-15(23)6-5-13(14)9-24/h5-6,8,16H,2-4,7,10-12,25H2,1H3. The average molecular weight is 450 g/mol. The van der Waals surface area contributed by atoms with E-state index in [1.807, 2.05) is 11.8 Å². The maximum atomic E-state index is 14.0. The zero-order valence-electron chi connectivity index (χ0n) is 18.2. The first-order valence-electron chi connectivity index (χ1n) is 10.9. The third kappa shape index (κ3) is 3.43. The Labute approximate surface area is 188 Å². The van der Waals surface area contributed by atoms with Gasteiger partial charge in [-0.15, -0.1) is 0 Å². The van der Waals surface area contributed by atoms with Crippen molar-refractivity contribution >= 4 is 29.0 Å². The van der Waals surface area contributed by atoms with Gasteiger partial charge in [0.25, 0.3) is 5.56 Å². The Hall–Kier alpha value is -3.78. The molecule has 33 heavy (non-hydrogen) atoms. The molecule has 170 valence electrons. The highest BCUT2D eigenvalue weighted by atomic mass is 19.1. The molecular formula is C22H23FN8O2. The Balaban J connectivity index is 1.73. The number of hydrogen-bond acceptors (Lipinski definition) is 7. The molecule has 0 spiro atoms. The van der Waals surface area contributed by atoms with Crippen molar-refractivity contribution < 1.29 is 9.18 Å². The number of imidazole rings is 1. The maximum Gasteiger partial charge on any atom is 0.281 e. The monoisotopic (exact) mass is 450 g/mol. The third-order valence-corrected chi connectivity index (χ3v) is 6.23. The van der Waals surface area contributed by atoms with Crippen molar-refractivity contribution in [3.05, 3.63) is 45.5 Å². The van der Waals surface area contributed by atoms with Crippen LogP contribution in [0, 0.1) is 17.1 Å². The lowest BCUT2D eigenvalue weighted by atomic mass is 10.1. The number of nitrogens with two attached hydrogens (primary N) is 1. The van der Waals surface area contributed by atoms with Gasteiger partial charge in [-0.05, 0) is 43.5 Å². The third-order valence-electron chi connectivity index (χ3n) is 6.23. The molecule has 0 bridgehead atoms. The zero-order valence-corrected chi connectivity index (χ0v) is 18.2. The minimum atomic E-state index is -0.477. The Bertz CT molecular complexity index is 1370. The molecule has 2 aliphatic heterocycles. The van der Waals surface area contributed by atoms with Crippen molar-refractivity contribution in [2.45, 2.75) is 38.9 Å². The molecule has 2 aliphatic rings. The van der Waals surface area contributed by atoms with Gasteiger partial charge in [-0.3, -0.25) is 23.6 Å². The number of benzene rings is 1. The second-order valence-electron chi connectivity index (χ2n) is 8.37. The number of carbonyl (C=O) groups is 1. The van der Waals surface area contributed by atoms with E-state index in [2.05, 4.69) is 16.0 Å². The second-order valence-corrected chi connectivity index (χ2v) is 8.37. The fraction of sp³-hybridized carbons (Fsp3) is 0.409. The van der Waals surface area contributed by atoms with Crippen LogP contribution in [0.1, 0.15) is 30.9 Å². The predicted octanol–water partition coefficient (Wildman–Crippen LogP) is 0.946. The molecule has 0 saturated carbocycles. The van der Waals surface area contributed by atoms with E-state index in [0.717, 1.165) is 12.8 Å². The molecule has 1 amide bonds. The van der Waals surface area contributed by atoms with Crippen molar-refractivity contribution in [1.82, 2.24) is 19.1 Å². The van der Waals surface area contributed by atoms with E-state index >= 15 is 0 Å². The Kier molecular flexibility index (Phi) is 5.09. The SMILES string of the molecule is CCN1C(=O)Cn2c1nc1nc(N3CCCC(N)C3)n(Cc3cc(F)ccc3C#N)c1c2=O. The summed E-state index contributed by atoms with van der Waals surface area (Å²) < 4.78 is 17.0. The summed E-state index contributed by atoms with van der Waals surface area (Å²) in [5, 5.41) is 9.53. The van der Waals surface area contributed by atoms with E-state index in [9.17, 15) is 19.2 Å². The topological polar surface area (TPSA) is 126 Å². The largest absolute Gasteiger partial charge is 0.341 e. The molecule has 1 unspecified atom stereocenters. The van der Waals surface area contributed by atoms with Crippen molar-refractivity contribution in [3.8, 4) is 6.07 Å². The number of carbonyl (C=O) groups excluding carboxylic acids is 1. The highest BCUT2D eigenvalue weighted by molar-refractivity contribution is 5.96. The summed E-state index contributed by atoms with van der Waals surface area (Å²) in [7, 11) is 0. The molecule has 0 aliphatic carbocycles. The van der Waals surface area contributed by atoms with E-state index in [-0.39, 0.29) is 42.2 Å². The number of nitrogens with zero attached hydrogens (tertiary/aromatic N) is 7. The van der Waals surface area contributed by atoms with Gasteiger partial charge in [0.05, 0.1) is 18.2 Å². The maximum absolute atomic E-state index is 14.0. The van der Waals surface area contributed by atoms with Gasteiger partial charge in [-0.1, -0.05) is 0 Å². The lowest BCUT2D eigenvalue weighted by Gasteiger charge is -2.32. The van der Waals surface area contributed by atoms with Crippen LogP contribution in [0.15, 0.2) is 23.0 Å². The van der Waals surface area contributed by atoms with Crippen molar-refractivity contribution in [2.24, 2.45) is 5.73 Å². The first kappa shape index (κ1) is 21.1. The minimum absolute atomic E-state index is 0.0388.